The first kappa shape index (κ1) is 20.5. The number of carboxylic acid groups (broad SMARTS) is 1. The number of esters is 1. The molecule has 5 atom stereocenters. The summed E-state index contributed by atoms with van der Waals surface area (Å²) < 4.78 is 5.64. The van der Waals surface area contributed by atoms with Crippen LogP contribution in [0.3, 0.4) is 0 Å². The van der Waals surface area contributed by atoms with Crippen LogP contribution in [0.4, 0.5) is 0 Å². The Kier molecular flexibility index (Phi) is 5.84. The van der Waals surface area contributed by atoms with Gasteiger partial charge < -0.3 is 9.84 Å². The summed E-state index contributed by atoms with van der Waals surface area (Å²) in [5.41, 5.74) is 0.997. The highest BCUT2D eigenvalue weighted by molar-refractivity contribution is 5.75. The first-order valence-electron chi connectivity index (χ1n) is 9.43. The van der Waals surface area contributed by atoms with Gasteiger partial charge in [-0.15, -0.1) is 0 Å². The highest BCUT2D eigenvalue weighted by Crippen LogP contribution is 2.62. The minimum Gasteiger partial charge on any atom is -0.481 e. The van der Waals surface area contributed by atoms with Crippen molar-refractivity contribution in [1.29, 1.82) is 0 Å². The van der Waals surface area contributed by atoms with E-state index in [0.717, 1.165) is 30.4 Å². The predicted molar refractivity (Wildman–Crippen MR) is 103 cm³/mol. The van der Waals surface area contributed by atoms with E-state index >= 15 is 0 Å². The molecule has 2 aliphatic carbocycles. The van der Waals surface area contributed by atoms with Crippen LogP contribution in [-0.2, 0) is 14.3 Å². The van der Waals surface area contributed by atoms with Crippen molar-refractivity contribution in [3.8, 4) is 0 Å². The molecule has 0 aromatic carbocycles. The average molecular weight is 360 g/mol. The normalized spacial score (nSPS) is 37.6. The molecule has 4 nitrogen and oxygen atoms in total. The monoisotopic (exact) mass is 360 g/mol. The van der Waals surface area contributed by atoms with Crippen molar-refractivity contribution < 1.29 is 19.4 Å². The Hall–Kier alpha value is -1.84. The predicted octanol–water partition coefficient (Wildman–Crippen LogP) is 4.91. The maximum Gasteiger partial charge on any atom is 0.309 e. The summed E-state index contributed by atoms with van der Waals surface area (Å²) in [6.07, 6.45) is 7.30. The molecule has 1 N–H and O–H groups in total. The number of hydrogen-bond acceptors (Lipinski definition) is 3. The highest BCUT2D eigenvalue weighted by atomic mass is 16.5. The molecular weight excluding hydrogens is 328 g/mol. The van der Waals surface area contributed by atoms with Gasteiger partial charge in [-0.05, 0) is 44.4 Å². The van der Waals surface area contributed by atoms with Crippen LogP contribution in [0.5, 0.6) is 0 Å². The zero-order chi connectivity index (χ0) is 19.7. The molecule has 2 saturated carbocycles. The van der Waals surface area contributed by atoms with Gasteiger partial charge in [0.1, 0.15) is 6.10 Å². The number of allylic oxidation sites excluding steroid dienone is 3. The Morgan fingerprint density at radius 2 is 1.96 bits per heavy atom. The van der Waals surface area contributed by atoms with Gasteiger partial charge in [-0.3, -0.25) is 9.59 Å². The Morgan fingerprint density at radius 1 is 1.31 bits per heavy atom. The van der Waals surface area contributed by atoms with Crippen molar-refractivity contribution in [3.05, 3.63) is 36.5 Å². The zero-order valence-corrected chi connectivity index (χ0v) is 16.5. The summed E-state index contributed by atoms with van der Waals surface area (Å²) in [5, 5.41) is 10.0. The van der Waals surface area contributed by atoms with Gasteiger partial charge in [-0.2, -0.15) is 0 Å². The Labute approximate surface area is 157 Å². The third kappa shape index (κ3) is 3.51. The lowest BCUT2D eigenvalue weighted by molar-refractivity contribution is -0.188. The topological polar surface area (TPSA) is 63.6 Å². The number of fused-ring (bicyclic) bond motifs is 1. The van der Waals surface area contributed by atoms with E-state index in [9.17, 15) is 14.7 Å². The lowest BCUT2D eigenvalue weighted by Gasteiger charge is -2.59. The third-order valence-electron chi connectivity index (χ3n) is 6.74. The van der Waals surface area contributed by atoms with Crippen molar-refractivity contribution in [1.82, 2.24) is 0 Å². The molecule has 0 aromatic rings. The Balaban J connectivity index is 2.51. The largest absolute Gasteiger partial charge is 0.481 e. The van der Waals surface area contributed by atoms with Crippen LogP contribution >= 0.6 is 0 Å². The van der Waals surface area contributed by atoms with E-state index in [1.807, 2.05) is 19.9 Å². The van der Waals surface area contributed by atoms with E-state index in [0.29, 0.717) is 12.8 Å². The third-order valence-corrected chi connectivity index (χ3v) is 6.74. The minimum absolute atomic E-state index is 0.174. The van der Waals surface area contributed by atoms with Gasteiger partial charge in [0, 0.05) is 19.3 Å². The number of carbonyl (C=O) groups is 2. The van der Waals surface area contributed by atoms with E-state index in [4.69, 9.17) is 4.74 Å². The van der Waals surface area contributed by atoms with Crippen molar-refractivity contribution in [2.75, 3.05) is 0 Å². The first-order valence-corrected chi connectivity index (χ1v) is 9.43. The molecule has 0 aromatic heterocycles. The van der Waals surface area contributed by atoms with Gasteiger partial charge in [0.05, 0.1) is 5.41 Å². The summed E-state index contributed by atoms with van der Waals surface area (Å²) in [4.78, 5) is 23.9. The molecule has 2 rings (SSSR count). The first-order chi connectivity index (χ1) is 12.1. The lowest BCUT2D eigenvalue weighted by Crippen LogP contribution is -2.59. The summed E-state index contributed by atoms with van der Waals surface area (Å²) in [6.45, 7) is 15.5. The number of hydrogen-bond donors (Lipinski definition) is 1. The van der Waals surface area contributed by atoms with Crippen molar-refractivity contribution in [3.63, 3.8) is 0 Å². The molecule has 4 heteroatoms. The van der Waals surface area contributed by atoms with E-state index in [2.05, 4.69) is 26.2 Å². The minimum atomic E-state index is -0.900. The SMILES string of the molecule is C=C/C(C)=C/C[C@@H]1C(=C)C[C@@H](OC(C)=O)[C@@H]2[C@@]1(C)CCC[C@]2(C)C(=O)O. The summed E-state index contributed by atoms with van der Waals surface area (Å²) >= 11 is 0. The van der Waals surface area contributed by atoms with Crippen LogP contribution < -0.4 is 0 Å². The number of aliphatic carboxylic acids is 1. The summed E-state index contributed by atoms with van der Waals surface area (Å²) in [7, 11) is 0. The molecule has 0 radical (unpaired) electrons. The maximum atomic E-state index is 12.2. The van der Waals surface area contributed by atoms with Crippen LogP contribution in [0.25, 0.3) is 0 Å². The van der Waals surface area contributed by atoms with E-state index in [1.54, 1.807) is 0 Å². The second kappa shape index (κ2) is 7.42. The van der Waals surface area contributed by atoms with Gasteiger partial charge in [0.2, 0.25) is 0 Å². The van der Waals surface area contributed by atoms with Crippen molar-refractivity contribution in [2.45, 2.75) is 65.9 Å². The number of carbonyl (C=O) groups excluding carboxylic acids is 1. The molecule has 0 heterocycles. The molecule has 0 amide bonds. The van der Waals surface area contributed by atoms with Crippen LogP contribution in [0.1, 0.15) is 59.8 Å². The second-order valence-electron chi connectivity index (χ2n) is 8.51. The fourth-order valence-electron chi connectivity index (χ4n) is 5.47. The average Bonchev–Trinajstić information content (AvgIpc) is 2.52. The van der Waals surface area contributed by atoms with Crippen LogP contribution in [0.15, 0.2) is 36.5 Å². The van der Waals surface area contributed by atoms with Gasteiger partial charge in [-0.1, -0.05) is 49.8 Å². The highest BCUT2D eigenvalue weighted by Gasteiger charge is 2.61. The Morgan fingerprint density at radius 3 is 2.50 bits per heavy atom. The molecule has 0 bridgehead atoms. The molecule has 26 heavy (non-hydrogen) atoms. The van der Waals surface area contributed by atoms with Gasteiger partial charge >= 0.3 is 11.9 Å². The smallest absolute Gasteiger partial charge is 0.309 e. The molecule has 0 unspecified atom stereocenters. The molecule has 0 aliphatic heterocycles. The molecule has 2 fully saturated rings. The standard InChI is InChI=1S/C22H32O4/c1-7-14(2)9-10-17-15(3)13-18(26-16(4)23)19-21(17,5)11-8-12-22(19,6)20(24)25/h7,9,17-19H,1,3,8,10-13H2,2,4-6H3,(H,24,25)/b14-9+/t17-,18-,19-,21+,22+/m1/s1. The number of carboxylic acids is 1. The summed E-state index contributed by atoms with van der Waals surface area (Å²) in [6, 6.07) is 0. The number of rotatable bonds is 5. The van der Waals surface area contributed by atoms with Crippen LogP contribution in [-0.4, -0.2) is 23.1 Å². The van der Waals surface area contributed by atoms with Gasteiger partial charge in [0.25, 0.3) is 0 Å². The fourth-order valence-corrected chi connectivity index (χ4v) is 5.47. The van der Waals surface area contributed by atoms with E-state index in [1.165, 1.54) is 6.92 Å². The van der Waals surface area contributed by atoms with Crippen LogP contribution in [0.2, 0.25) is 0 Å². The van der Waals surface area contributed by atoms with Gasteiger partial charge in [-0.25, -0.2) is 0 Å². The summed E-state index contributed by atoms with van der Waals surface area (Å²) in [5.74, 6) is -1.20. The Bertz CT molecular complexity index is 647. The molecule has 2 aliphatic rings. The molecule has 0 spiro atoms. The van der Waals surface area contributed by atoms with Crippen molar-refractivity contribution >= 4 is 11.9 Å². The molecule has 144 valence electrons. The lowest BCUT2D eigenvalue weighted by atomic mass is 9.46. The fraction of sp³-hybridized carbons (Fsp3) is 0.636. The maximum absolute atomic E-state index is 12.2. The molecular formula is C22H32O4. The molecule has 0 saturated heterocycles. The quantitative estimate of drug-likeness (QED) is 0.430. The van der Waals surface area contributed by atoms with Crippen molar-refractivity contribution in [2.24, 2.45) is 22.7 Å². The van der Waals surface area contributed by atoms with E-state index in [-0.39, 0.29) is 23.2 Å². The number of ether oxygens (including phenoxy) is 1. The van der Waals surface area contributed by atoms with Gasteiger partial charge in [0.15, 0.2) is 0 Å². The van der Waals surface area contributed by atoms with E-state index < -0.39 is 17.5 Å². The van der Waals surface area contributed by atoms with Crippen LogP contribution in [0, 0.1) is 22.7 Å². The second-order valence-corrected chi connectivity index (χ2v) is 8.51. The zero-order valence-electron chi connectivity index (χ0n) is 16.5.